The van der Waals surface area contributed by atoms with Gasteiger partial charge in [0.25, 0.3) is 0 Å². The van der Waals surface area contributed by atoms with Gasteiger partial charge in [-0.3, -0.25) is 4.79 Å². The Bertz CT molecular complexity index is 580. The van der Waals surface area contributed by atoms with Gasteiger partial charge in [0.15, 0.2) is 9.84 Å². The van der Waals surface area contributed by atoms with E-state index in [4.69, 9.17) is 4.74 Å². The average Bonchev–Trinajstić information content (AvgIpc) is 2.79. The van der Waals surface area contributed by atoms with E-state index in [1.165, 1.54) is 0 Å². The van der Waals surface area contributed by atoms with Crippen molar-refractivity contribution in [1.82, 2.24) is 0 Å². The van der Waals surface area contributed by atoms with Crippen LogP contribution in [0.25, 0.3) is 0 Å². The van der Waals surface area contributed by atoms with Crippen molar-refractivity contribution in [3.05, 3.63) is 24.3 Å². The van der Waals surface area contributed by atoms with Gasteiger partial charge in [-0.05, 0) is 30.7 Å². The maximum atomic E-state index is 12.2. The zero-order valence-electron chi connectivity index (χ0n) is 11.7. The first-order valence-corrected chi connectivity index (χ1v) is 8.45. The van der Waals surface area contributed by atoms with E-state index in [0.29, 0.717) is 18.6 Å². The number of rotatable bonds is 4. The molecule has 0 saturated carbocycles. The number of ether oxygens (including phenoxy) is 1. The normalized spacial score (nSPS) is 20.6. The fourth-order valence-electron chi connectivity index (χ4n) is 2.45. The largest absolute Gasteiger partial charge is 0.497 e. The maximum Gasteiger partial charge on any atom is 0.226 e. The van der Waals surface area contributed by atoms with Crippen molar-refractivity contribution < 1.29 is 17.9 Å². The van der Waals surface area contributed by atoms with Gasteiger partial charge in [0.05, 0.1) is 24.7 Å². The van der Waals surface area contributed by atoms with Crippen molar-refractivity contribution in [2.24, 2.45) is 0 Å². The fraction of sp³-hybridized carbons (Fsp3) is 0.500. The Kier molecular flexibility index (Phi) is 4.32. The molecule has 1 atom stereocenters. The van der Waals surface area contributed by atoms with E-state index in [-0.39, 0.29) is 23.5 Å². The van der Waals surface area contributed by atoms with Crippen molar-refractivity contribution in [2.45, 2.75) is 25.8 Å². The second kappa shape index (κ2) is 5.83. The summed E-state index contributed by atoms with van der Waals surface area (Å²) < 4.78 is 28.4. The monoisotopic (exact) mass is 297 g/mol. The summed E-state index contributed by atoms with van der Waals surface area (Å²) in [7, 11) is -1.44. The summed E-state index contributed by atoms with van der Waals surface area (Å²) in [6.07, 6.45) is 0.850. The fourth-order valence-corrected chi connectivity index (χ4v) is 4.15. The molecule has 1 heterocycles. The molecule has 1 fully saturated rings. The molecule has 1 aliphatic rings. The minimum atomic E-state index is -3.02. The number of nitrogens with zero attached hydrogens (tertiary/aromatic N) is 1. The summed E-state index contributed by atoms with van der Waals surface area (Å²) in [4.78, 5) is 13.8. The van der Waals surface area contributed by atoms with Gasteiger partial charge >= 0.3 is 0 Å². The van der Waals surface area contributed by atoms with E-state index < -0.39 is 9.84 Å². The van der Waals surface area contributed by atoms with Crippen LogP contribution >= 0.6 is 0 Å². The predicted molar refractivity (Wildman–Crippen MR) is 77.8 cm³/mol. The zero-order chi connectivity index (χ0) is 14.8. The molecule has 0 aromatic heterocycles. The highest BCUT2D eigenvalue weighted by Gasteiger charge is 2.34. The third-order valence-electron chi connectivity index (χ3n) is 3.50. The number of carbonyl (C=O) groups excluding carboxylic acids is 1. The van der Waals surface area contributed by atoms with Crippen LogP contribution in [0.15, 0.2) is 24.3 Å². The van der Waals surface area contributed by atoms with Crippen molar-refractivity contribution in [3.8, 4) is 5.75 Å². The first-order valence-electron chi connectivity index (χ1n) is 6.63. The molecular formula is C14H19NO4S. The smallest absolute Gasteiger partial charge is 0.226 e. The number of sulfone groups is 1. The molecule has 0 aliphatic carbocycles. The molecule has 5 nitrogen and oxygen atoms in total. The van der Waals surface area contributed by atoms with Gasteiger partial charge < -0.3 is 9.64 Å². The van der Waals surface area contributed by atoms with E-state index in [0.717, 1.165) is 5.69 Å². The van der Waals surface area contributed by atoms with Gasteiger partial charge in [0.2, 0.25) is 5.91 Å². The molecule has 1 amide bonds. The lowest BCUT2D eigenvalue weighted by Gasteiger charge is -2.28. The number of hydrogen-bond donors (Lipinski definition) is 0. The van der Waals surface area contributed by atoms with E-state index in [2.05, 4.69) is 0 Å². The molecule has 6 heteroatoms. The second-order valence-electron chi connectivity index (χ2n) is 4.87. The molecule has 1 unspecified atom stereocenters. The quantitative estimate of drug-likeness (QED) is 0.847. The van der Waals surface area contributed by atoms with Crippen LogP contribution in [0.5, 0.6) is 5.75 Å². The summed E-state index contributed by atoms with van der Waals surface area (Å²) in [5.41, 5.74) is 0.722. The van der Waals surface area contributed by atoms with Crippen molar-refractivity contribution in [1.29, 1.82) is 0 Å². The average molecular weight is 297 g/mol. The summed E-state index contributed by atoms with van der Waals surface area (Å²) in [5.74, 6) is 0.848. The highest BCUT2D eigenvalue weighted by molar-refractivity contribution is 7.91. The van der Waals surface area contributed by atoms with Gasteiger partial charge in [-0.1, -0.05) is 6.92 Å². The number of methoxy groups -OCH3 is 1. The standard InChI is InChI=1S/C14H19NO4S/c1-3-14(16)15(12-8-9-20(17,18)10-12)11-4-6-13(19-2)7-5-11/h4-7,12H,3,8-10H2,1-2H3. The highest BCUT2D eigenvalue weighted by Crippen LogP contribution is 2.27. The molecule has 1 aliphatic heterocycles. The van der Waals surface area contributed by atoms with Crippen molar-refractivity contribution >= 4 is 21.4 Å². The van der Waals surface area contributed by atoms with Crippen LogP contribution in [0.1, 0.15) is 19.8 Å². The summed E-state index contributed by atoms with van der Waals surface area (Å²) >= 11 is 0. The second-order valence-corrected chi connectivity index (χ2v) is 7.10. The highest BCUT2D eigenvalue weighted by atomic mass is 32.2. The molecular weight excluding hydrogens is 278 g/mol. The Morgan fingerprint density at radius 3 is 2.45 bits per heavy atom. The van der Waals surface area contributed by atoms with Gasteiger partial charge in [-0.15, -0.1) is 0 Å². The number of carbonyl (C=O) groups is 1. The topological polar surface area (TPSA) is 63.7 Å². The SMILES string of the molecule is CCC(=O)N(c1ccc(OC)cc1)C1CCS(=O)(=O)C1. The first-order chi connectivity index (χ1) is 9.46. The lowest BCUT2D eigenvalue weighted by atomic mass is 10.1. The van der Waals surface area contributed by atoms with Crippen molar-refractivity contribution in [3.63, 3.8) is 0 Å². The Balaban J connectivity index is 2.30. The molecule has 1 aromatic rings. The van der Waals surface area contributed by atoms with E-state index in [1.54, 1.807) is 43.2 Å². The minimum absolute atomic E-state index is 0.0464. The molecule has 0 radical (unpaired) electrons. The minimum Gasteiger partial charge on any atom is -0.497 e. The van der Waals surface area contributed by atoms with Gasteiger partial charge in [-0.25, -0.2) is 8.42 Å². The Hall–Kier alpha value is -1.56. The zero-order valence-corrected chi connectivity index (χ0v) is 12.5. The lowest BCUT2D eigenvalue weighted by Crippen LogP contribution is -2.41. The van der Waals surface area contributed by atoms with Gasteiger partial charge in [0, 0.05) is 12.1 Å². The molecule has 110 valence electrons. The van der Waals surface area contributed by atoms with Crippen LogP contribution in [0.3, 0.4) is 0 Å². The summed E-state index contributed by atoms with van der Waals surface area (Å²) in [6.45, 7) is 1.78. The maximum absolute atomic E-state index is 12.2. The lowest BCUT2D eigenvalue weighted by molar-refractivity contribution is -0.118. The van der Waals surface area contributed by atoms with Crippen molar-refractivity contribution in [2.75, 3.05) is 23.5 Å². The van der Waals surface area contributed by atoms with Crippen LogP contribution < -0.4 is 9.64 Å². The van der Waals surface area contributed by atoms with Crippen LogP contribution in [0.4, 0.5) is 5.69 Å². The molecule has 20 heavy (non-hydrogen) atoms. The van der Waals surface area contributed by atoms with Crippen LogP contribution in [-0.2, 0) is 14.6 Å². The number of hydrogen-bond acceptors (Lipinski definition) is 4. The number of anilines is 1. The third-order valence-corrected chi connectivity index (χ3v) is 5.25. The predicted octanol–water partition coefficient (Wildman–Crippen LogP) is 1.63. The molecule has 0 spiro atoms. The van der Waals surface area contributed by atoms with Gasteiger partial charge in [-0.2, -0.15) is 0 Å². The third kappa shape index (κ3) is 3.12. The molecule has 2 rings (SSSR count). The summed E-state index contributed by atoms with van der Waals surface area (Å²) in [6, 6.07) is 6.86. The Morgan fingerprint density at radius 1 is 1.35 bits per heavy atom. The number of benzene rings is 1. The van der Waals surface area contributed by atoms with E-state index in [1.807, 2.05) is 0 Å². The number of amides is 1. The van der Waals surface area contributed by atoms with E-state index >= 15 is 0 Å². The molecule has 0 bridgehead atoms. The summed E-state index contributed by atoms with van der Waals surface area (Å²) in [5, 5.41) is 0. The first kappa shape index (κ1) is 14.8. The van der Waals surface area contributed by atoms with Gasteiger partial charge in [0.1, 0.15) is 5.75 Å². The van der Waals surface area contributed by atoms with Crippen LogP contribution in [-0.4, -0.2) is 39.0 Å². The van der Waals surface area contributed by atoms with Crippen LogP contribution in [0.2, 0.25) is 0 Å². The Labute approximate surface area is 119 Å². The van der Waals surface area contributed by atoms with E-state index in [9.17, 15) is 13.2 Å². The Morgan fingerprint density at radius 2 is 2.00 bits per heavy atom. The van der Waals surface area contributed by atoms with Crippen LogP contribution in [0, 0.1) is 0 Å². The molecule has 1 saturated heterocycles. The molecule has 0 N–H and O–H groups in total. The molecule has 1 aromatic carbocycles.